The van der Waals surface area contributed by atoms with Crippen LogP contribution in [0.1, 0.15) is 11.8 Å². The molecule has 2 unspecified atom stereocenters. The number of methoxy groups -OCH3 is 2. The van der Waals surface area contributed by atoms with Gasteiger partial charge in [-0.1, -0.05) is 18.2 Å². The van der Waals surface area contributed by atoms with E-state index in [4.69, 9.17) is 13.9 Å². The highest BCUT2D eigenvalue weighted by molar-refractivity contribution is 7.89. The van der Waals surface area contributed by atoms with Crippen molar-refractivity contribution in [2.24, 2.45) is 5.92 Å². The normalized spacial score (nSPS) is 19.6. The lowest BCUT2D eigenvalue weighted by Crippen LogP contribution is -2.30. The number of ether oxygens (including phenoxy) is 2. The lowest BCUT2D eigenvalue weighted by Gasteiger charge is -2.18. The van der Waals surface area contributed by atoms with E-state index in [1.54, 1.807) is 7.11 Å². The molecule has 0 radical (unpaired) electrons. The lowest BCUT2D eigenvalue weighted by molar-refractivity contribution is 0.147. The molecule has 0 bridgehead atoms. The zero-order chi connectivity index (χ0) is 22.0. The molecule has 0 aliphatic carbocycles. The van der Waals surface area contributed by atoms with Crippen molar-refractivity contribution in [3.8, 4) is 17.2 Å². The maximum Gasteiger partial charge on any atom is 0.247 e. The molecule has 0 saturated carbocycles. The van der Waals surface area contributed by atoms with Gasteiger partial charge >= 0.3 is 0 Å². The van der Waals surface area contributed by atoms with E-state index in [2.05, 4.69) is 10.2 Å². The summed E-state index contributed by atoms with van der Waals surface area (Å²) in [6.07, 6.45) is 0. The fourth-order valence-electron chi connectivity index (χ4n) is 3.76. The Bertz CT molecular complexity index is 1150. The minimum atomic E-state index is -4.02. The van der Waals surface area contributed by atoms with Crippen LogP contribution in [0.5, 0.6) is 5.75 Å². The fraction of sp³-hybridized carbons (Fsp3) is 0.333. The Morgan fingerprint density at radius 2 is 1.90 bits per heavy atom. The van der Waals surface area contributed by atoms with Crippen LogP contribution in [0.15, 0.2) is 57.8 Å². The van der Waals surface area contributed by atoms with Crippen LogP contribution in [0.4, 0.5) is 4.39 Å². The van der Waals surface area contributed by atoms with Gasteiger partial charge in [0, 0.05) is 31.7 Å². The Labute approximate surface area is 179 Å². The SMILES string of the molecule is COCC1CN(S(=O)(=O)c2cc(F)ccc2OC)CC1c1nnc(-c2ccccc2)o1. The average molecular weight is 447 g/mol. The summed E-state index contributed by atoms with van der Waals surface area (Å²) in [7, 11) is -1.13. The van der Waals surface area contributed by atoms with Gasteiger partial charge in [-0.3, -0.25) is 0 Å². The minimum Gasteiger partial charge on any atom is -0.495 e. The van der Waals surface area contributed by atoms with Crippen LogP contribution in [-0.2, 0) is 14.8 Å². The summed E-state index contributed by atoms with van der Waals surface area (Å²) in [5.74, 6) is -0.447. The Balaban J connectivity index is 1.65. The molecule has 31 heavy (non-hydrogen) atoms. The van der Waals surface area contributed by atoms with Gasteiger partial charge in [0.25, 0.3) is 0 Å². The monoisotopic (exact) mass is 447 g/mol. The Morgan fingerprint density at radius 3 is 2.61 bits per heavy atom. The van der Waals surface area contributed by atoms with Crippen LogP contribution < -0.4 is 4.74 Å². The Morgan fingerprint density at radius 1 is 1.13 bits per heavy atom. The number of sulfonamides is 1. The van der Waals surface area contributed by atoms with E-state index in [1.807, 2.05) is 30.3 Å². The fourth-order valence-corrected chi connectivity index (χ4v) is 5.45. The first-order chi connectivity index (χ1) is 14.9. The molecule has 0 amide bonds. The van der Waals surface area contributed by atoms with E-state index >= 15 is 0 Å². The van der Waals surface area contributed by atoms with Gasteiger partial charge in [0.15, 0.2) is 0 Å². The summed E-state index contributed by atoms with van der Waals surface area (Å²) in [5, 5.41) is 8.28. The predicted molar refractivity (Wildman–Crippen MR) is 110 cm³/mol. The van der Waals surface area contributed by atoms with Crippen molar-refractivity contribution in [1.29, 1.82) is 0 Å². The molecule has 3 aromatic rings. The standard InChI is InChI=1S/C21H22FN3O5S/c1-28-13-15-11-25(31(26,27)19-10-16(22)8-9-18(19)29-2)12-17(15)21-24-23-20(30-21)14-6-4-3-5-7-14/h3-10,15,17H,11-13H2,1-2H3. The average Bonchev–Trinajstić information content (AvgIpc) is 3.42. The van der Waals surface area contributed by atoms with Crippen molar-refractivity contribution in [3.05, 3.63) is 60.2 Å². The van der Waals surface area contributed by atoms with E-state index in [9.17, 15) is 12.8 Å². The number of nitrogens with zero attached hydrogens (tertiary/aromatic N) is 3. The number of hydrogen-bond acceptors (Lipinski definition) is 7. The van der Waals surface area contributed by atoms with Gasteiger partial charge < -0.3 is 13.9 Å². The van der Waals surface area contributed by atoms with Crippen LogP contribution in [0, 0.1) is 11.7 Å². The third-order valence-corrected chi connectivity index (χ3v) is 7.16. The van der Waals surface area contributed by atoms with Gasteiger partial charge in [0.2, 0.25) is 21.8 Å². The summed E-state index contributed by atoms with van der Waals surface area (Å²) in [6.45, 7) is 0.579. The molecule has 10 heteroatoms. The predicted octanol–water partition coefficient (Wildman–Crippen LogP) is 2.94. The maximum absolute atomic E-state index is 13.8. The Hall–Kier alpha value is -2.82. The van der Waals surface area contributed by atoms with Gasteiger partial charge in [-0.2, -0.15) is 4.31 Å². The van der Waals surface area contributed by atoms with Crippen molar-refractivity contribution in [1.82, 2.24) is 14.5 Å². The van der Waals surface area contributed by atoms with Crippen LogP contribution in [0.2, 0.25) is 0 Å². The molecule has 2 heterocycles. The van der Waals surface area contributed by atoms with Crippen molar-refractivity contribution in [2.75, 3.05) is 33.9 Å². The summed E-state index contributed by atoms with van der Waals surface area (Å²) in [6, 6.07) is 12.7. The molecule has 164 valence electrons. The molecule has 8 nitrogen and oxygen atoms in total. The van der Waals surface area contributed by atoms with Gasteiger partial charge in [0.05, 0.1) is 19.6 Å². The molecule has 1 aliphatic rings. The molecule has 0 N–H and O–H groups in total. The largest absolute Gasteiger partial charge is 0.495 e. The number of rotatable bonds is 7. The highest BCUT2D eigenvalue weighted by atomic mass is 32.2. The van der Waals surface area contributed by atoms with Crippen LogP contribution in [0.25, 0.3) is 11.5 Å². The highest BCUT2D eigenvalue weighted by Crippen LogP contribution is 2.38. The summed E-state index contributed by atoms with van der Waals surface area (Å²) in [5.41, 5.74) is 0.775. The highest BCUT2D eigenvalue weighted by Gasteiger charge is 2.43. The van der Waals surface area contributed by atoms with Crippen molar-refractivity contribution in [2.45, 2.75) is 10.8 Å². The molecule has 1 aliphatic heterocycles. The smallest absolute Gasteiger partial charge is 0.247 e. The molecular formula is C21H22FN3O5S. The third kappa shape index (κ3) is 4.18. The zero-order valence-electron chi connectivity index (χ0n) is 17.1. The van der Waals surface area contributed by atoms with Gasteiger partial charge in [-0.15, -0.1) is 10.2 Å². The second-order valence-electron chi connectivity index (χ2n) is 7.25. The number of benzene rings is 2. The van der Waals surface area contributed by atoms with Gasteiger partial charge in [0.1, 0.15) is 16.5 Å². The molecule has 2 atom stereocenters. The Kier molecular flexibility index (Phi) is 6.03. The quantitative estimate of drug-likeness (QED) is 0.550. The first-order valence-corrected chi connectivity index (χ1v) is 11.1. The van der Waals surface area contributed by atoms with E-state index in [0.29, 0.717) is 18.4 Å². The molecule has 2 aromatic carbocycles. The second kappa shape index (κ2) is 8.74. The number of halogens is 1. The van der Waals surface area contributed by atoms with E-state index in [0.717, 1.165) is 17.7 Å². The number of hydrogen-bond donors (Lipinski definition) is 0. The molecule has 0 spiro atoms. The number of aromatic nitrogens is 2. The molecule has 1 aromatic heterocycles. The van der Waals surface area contributed by atoms with Crippen LogP contribution in [0.3, 0.4) is 0 Å². The topological polar surface area (TPSA) is 94.8 Å². The van der Waals surface area contributed by atoms with E-state index in [1.165, 1.54) is 17.5 Å². The summed E-state index contributed by atoms with van der Waals surface area (Å²) < 4.78 is 58.0. The van der Waals surface area contributed by atoms with Crippen LogP contribution in [-0.4, -0.2) is 56.8 Å². The van der Waals surface area contributed by atoms with Crippen LogP contribution >= 0.6 is 0 Å². The summed E-state index contributed by atoms with van der Waals surface area (Å²) >= 11 is 0. The first-order valence-electron chi connectivity index (χ1n) is 9.65. The van der Waals surface area contributed by atoms with Crippen molar-refractivity contribution < 1.29 is 26.7 Å². The van der Waals surface area contributed by atoms with Crippen molar-refractivity contribution in [3.63, 3.8) is 0 Å². The lowest BCUT2D eigenvalue weighted by atomic mass is 9.97. The molecule has 1 saturated heterocycles. The van der Waals surface area contributed by atoms with E-state index < -0.39 is 15.8 Å². The van der Waals surface area contributed by atoms with Gasteiger partial charge in [-0.05, 0) is 30.3 Å². The molecule has 1 fully saturated rings. The second-order valence-corrected chi connectivity index (χ2v) is 9.16. The maximum atomic E-state index is 13.8. The van der Waals surface area contributed by atoms with Gasteiger partial charge in [-0.25, -0.2) is 12.8 Å². The summed E-state index contributed by atoms with van der Waals surface area (Å²) in [4.78, 5) is -0.220. The molecular weight excluding hydrogens is 425 g/mol. The first kappa shape index (κ1) is 21.4. The van der Waals surface area contributed by atoms with Crippen molar-refractivity contribution >= 4 is 10.0 Å². The van der Waals surface area contributed by atoms with E-state index in [-0.39, 0.29) is 35.6 Å². The molecule has 4 rings (SSSR count). The zero-order valence-corrected chi connectivity index (χ0v) is 17.9. The third-order valence-electron chi connectivity index (χ3n) is 5.31. The minimum absolute atomic E-state index is 0.0808.